The van der Waals surface area contributed by atoms with E-state index in [2.05, 4.69) is 15.9 Å². The van der Waals surface area contributed by atoms with Crippen molar-refractivity contribution < 1.29 is 14.6 Å². The number of carbonyl (C=O) groups excluding carboxylic acids is 1. The second-order valence-corrected chi connectivity index (χ2v) is 6.62. The van der Waals surface area contributed by atoms with Gasteiger partial charge in [-0.1, -0.05) is 39.9 Å². The lowest BCUT2D eigenvalue weighted by Crippen LogP contribution is -2.31. The number of halogens is 1. The van der Waals surface area contributed by atoms with Gasteiger partial charge in [0.25, 0.3) is 5.91 Å². The summed E-state index contributed by atoms with van der Waals surface area (Å²) in [5.74, 6) is -0.0354. The number of rotatable bonds is 4. The zero-order valence-electron chi connectivity index (χ0n) is 10.6. The molecule has 1 aliphatic heterocycles. The van der Waals surface area contributed by atoms with E-state index in [1.165, 1.54) is 16.7 Å². The highest BCUT2D eigenvalue weighted by atomic mass is 79.9. The van der Waals surface area contributed by atoms with Gasteiger partial charge in [0.1, 0.15) is 10.1 Å². The number of carbonyl (C=O) groups is 1. The van der Waals surface area contributed by atoms with Crippen LogP contribution >= 0.6 is 39.9 Å². The second kappa shape index (κ2) is 6.71. The van der Waals surface area contributed by atoms with Crippen LogP contribution in [0.4, 0.5) is 0 Å². The summed E-state index contributed by atoms with van der Waals surface area (Å²) in [7, 11) is 1.58. The third kappa shape index (κ3) is 3.41. The molecule has 1 N–H and O–H groups in total. The fourth-order valence-electron chi connectivity index (χ4n) is 1.66. The van der Waals surface area contributed by atoms with Crippen molar-refractivity contribution in [3.05, 3.63) is 33.1 Å². The molecule has 0 saturated carbocycles. The lowest BCUT2D eigenvalue weighted by atomic mass is 10.2. The largest absolute Gasteiger partial charge is 0.507 e. The van der Waals surface area contributed by atoms with Gasteiger partial charge in [-0.25, -0.2) is 0 Å². The molecule has 1 aromatic rings. The Kier molecular flexibility index (Phi) is 5.20. The number of thioether (sulfide) groups is 1. The van der Waals surface area contributed by atoms with E-state index >= 15 is 0 Å². The summed E-state index contributed by atoms with van der Waals surface area (Å²) in [4.78, 5) is 14.2. The van der Waals surface area contributed by atoms with Crippen LogP contribution < -0.4 is 0 Å². The molecule has 1 aliphatic rings. The van der Waals surface area contributed by atoms with Crippen LogP contribution in [0.1, 0.15) is 5.56 Å². The van der Waals surface area contributed by atoms with Gasteiger partial charge in [-0.2, -0.15) is 0 Å². The summed E-state index contributed by atoms with van der Waals surface area (Å²) in [6.45, 7) is 0.866. The molecule has 7 heteroatoms. The van der Waals surface area contributed by atoms with E-state index in [1.54, 1.807) is 31.4 Å². The highest BCUT2D eigenvalue weighted by Gasteiger charge is 2.31. The smallest absolute Gasteiger partial charge is 0.266 e. The van der Waals surface area contributed by atoms with Gasteiger partial charge in [-0.3, -0.25) is 9.69 Å². The lowest BCUT2D eigenvalue weighted by molar-refractivity contribution is -0.122. The van der Waals surface area contributed by atoms with Crippen LogP contribution in [0.2, 0.25) is 0 Å². The summed E-state index contributed by atoms with van der Waals surface area (Å²) in [5.41, 5.74) is 0.576. The number of phenolic OH excluding ortho intramolecular Hbond substituents is 1. The molecule has 0 bridgehead atoms. The Morgan fingerprint density at radius 2 is 2.30 bits per heavy atom. The molecular weight excluding hydrogens is 362 g/mol. The van der Waals surface area contributed by atoms with Gasteiger partial charge in [0.15, 0.2) is 0 Å². The number of benzene rings is 1. The minimum absolute atomic E-state index is 0.121. The number of hydrogen-bond acceptors (Lipinski definition) is 5. The van der Waals surface area contributed by atoms with Gasteiger partial charge in [-0.15, -0.1) is 0 Å². The second-order valence-electron chi connectivity index (χ2n) is 4.03. The average molecular weight is 374 g/mol. The molecule has 0 aromatic heterocycles. The Morgan fingerprint density at radius 1 is 1.55 bits per heavy atom. The van der Waals surface area contributed by atoms with Crippen LogP contribution in [0.5, 0.6) is 5.75 Å². The standard InChI is InChI=1S/C13H12BrNO3S2/c1-18-5-4-15-12(17)11(20-13(15)19)7-8-6-9(14)2-3-10(8)16/h2-3,6-7,16H,4-5H2,1H3. The maximum absolute atomic E-state index is 12.2. The van der Waals surface area contributed by atoms with E-state index in [4.69, 9.17) is 17.0 Å². The van der Waals surface area contributed by atoms with E-state index in [0.717, 1.165) is 4.47 Å². The highest BCUT2D eigenvalue weighted by Crippen LogP contribution is 2.34. The normalized spacial score (nSPS) is 17.3. The van der Waals surface area contributed by atoms with Crippen LogP contribution in [0.15, 0.2) is 27.6 Å². The monoisotopic (exact) mass is 373 g/mol. The highest BCUT2D eigenvalue weighted by molar-refractivity contribution is 9.10. The van der Waals surface area contributed by atoms with Gasteiger partial charge in [0, 0.05) is 17.1 Å². The number of hydrogen-bond donors (Lipinski definition) is 1. The van der Waals surface area contributed by atoms with Gasteiger partial charge in [0.2, 0.25) is 0 Å². The Balaban J connectivity index is 2.25. The van der Waals surface area contributed by atoms with Crippen molar-refractivity contribution in [2.24, 2.45) is 0 Å². The number of amides is 1. The molecule has 1 heterocycles. The maximum Gasteiger partial charge on any atom is 0.266 e. The van der Waals surface area contributed by atoms with Crippen molar-refractivity contribution in [2.45, 2.75) is 0 Å². The predicted molar refractivity (Wildman–Crippen MR) is 87.6 cm³/mol. The average Bonchev–Trinajstić information content (AvgIpc) is 2.67. The van der Waals surface area contributed by atoms with Crippen molar-refractivity contribution in [1.29, 1.82) is 0 Å². The molecule has 0 radical (unpaired) electrons. The quantitative estimate of drug-likeness (QED) is 0.649. The molecule has 2 rings (SSSR count). The van der Waals surface area contributed by atoms with Crippen molar-refractivity contribution in [3.63, 3.8) is 0 Å². The van der Waals surface area contributed by atoms with Crippen molar-refractivity contribution >= 4 is 56.2 Å². The molecule has 4 nitrogen and oxygen atoms in total. The number of aromatic hydroxyl groups is 1. The van der Waals surface area contributed by atoms with Crippen LogP contribution in [-0.4, -0.2) is 40.5 Å². The molecular formula is C13H12BrNO3S2. The molecule has 0 aliphatic carbocycles. The third-order valence-corrected chi connectivity index (χ3v) is 4.54. The van der Waals surface area contributed by atoms with Crippen LogP contribution in [0.25, 0.3) is 6.08 Å². The summed E-state index contributed by atoms with van der Waals surface area (Å²) in [5, 5.41) is 9.80. The van der Waals surface area contributed by atoms with E-state index in [9.17, 15) is 9.90 Å². The topological polar surface area (TPSA) is 49.8 Å². The molecule has 0 atom stereocenters. The van der Waals surface area contributed by atoms with Crippen LogP contribution in [0, 0.1) is 0 Å². The van der Waals surface area contributed by atoms with Gasteiger partial charge < -0.3 is 9.84 Å². The molecule has 1 aromatic carbocycles. The molecule has 1 saturated heterocycles. The van der Waals surface area contributed by atoms with Crippen molar-refractivity contribution in [2.75, 3.05) is 20.3 Å². The van der Waals surface area contributed by atoms with Gasteiger partial charge in [0.05, 0.1) is 18.1 Å². The number of ether oxygens (including phenoxy) is 1. The fraction of sp³-hybridized carbons (Fsp3) is 0.231. The number of methoxy groups -OCH3 is 1. The fourth-order valence-corrected chi connectivity index (χ4v) is 3.34. The van der Waals surface area contributed by atoms with E-state index in [1.807, 2.05) is 0 Å². The minimum atomic E-state index is -0.156. The van der Waals surface area contributed by atoms with Gasteiger partial charge >= 0.3 is 0 Å². The van der Waals surface area contributed by atoms with E-state index < -0.39 is 0 Å². The van der Waals surface area contributed by atoms with Crippen molar-refractivity contribution in [3.8, 4) is 5.75 Å². The Bertz CT molecular complexity index is 589. The molecule has 20 heavy (non-hydrogen) atoms. The molecule has 0 unspecified atom stereocenters. The zero-order valence-corrected chi connectivity index (χ0v) is 13.8. The van der Waals surface area contributed by atoms with E-state index in [0.29, 0.717) is 27.9 Å². The number of nitrogens with zero attached hydrogens (tertiary/aromatic N) is 1. The van der Waals surface area contributed by atoms with E-state index in [-0.39, 0.29) is 11.7 Å². The maximum atomic E-state index is 12.2. The first-order valence-corrected chi connectivity index (χ1v) is 7.77. The number of phenols is 1. The first-order chi connectivity index (χ1) is 9.52. The summed E-state index contributed by atoms with van der Waals surface area (Å²) in [6.07, 6.45) is 1.65. The van der Waals surface area contributed by atoms with Crippen molar-refractivity contribution in [1.82, 2.24) is 4.90 Å². The Labute approximate surface area is 134 Å². The third-order valence-electron chi connectivity index (χ3n) is 2.67. The summed E-state index contributed by atoms with van der Waals surface area (Å²) >= 11 is 9.75. The minimum Gasteiger partial charge on any atom is -0.507 e. The first-order valence-electron chi connectivity index (χ1n) is 5.75. The number of thiocarbonyl (C=S) groups is 1. The molecule has 1 fully saturated rings. The SMILES string of the molecule is COCCN1C(=O)C(=Cc2cc(Br)ccc2O)SC1=S. The predicted octanol–water partition coefficient (Wildman–Crippen LogP) is 3.00. The molecule has 106 valence electrons. The van der Waals surface area contributed by atoms with Crippen LogP contribution in [0.3, 0.4) is 0 Å². The lowest BCUT2D eigenvalue weighted by Gasteiger charge is -2.12. The van der Waals surface area contributed by atoms with Gasteiger partial charge in [-0.05, 0) is 24.3 Å². The molecule has 1 amide bonds. The summed E-state index contributed by atoms with van der Waals surface area (Å²) in [6, 6.07) is 5.05. The Morgan fingerprint density at radius 3 is 3.00 bits per heavy atom. The Hall–Kier alpha value is -0.890. The summed E-state index contributed by atoms with van der Waals surface area (Å²) < 4.78 is 6.30. The molecule has 0 spiro atoms. The van der Waals surface area contributed by atoms with Crippen LogP contribution in [-0.2, 0) is 9.53 Å². The zero-order chi connectivity index (χ0) is 14.7. The first kappa shape index (κ1) is 15.5.